The Morgan fingerprint density at radius 3 is 2.62 bits per heavy atom. The summed E-state index contributed by atoms with van der Waals surface area (Å²) >= 11 is 0. The number of carbonyl (C=O) groups excluding carboxylic acids is 1. The Morgan fingerprint density at radius 2 is 1.95 bits per heavy atom. The van der Waals surface area contributed by atoms with Crippen LogP contribution in [0.15, 0.2) is 30.6 Å². The molecule has 0 bridgehead atoms. The van der Waals surface area contributed by atoms with Gasteiger partial charge in [0.05, 0.1) is 29.1 Å². The third kappa shape index (κ3) is 5.11. The Kier molecular flexibility index (Phi) is 7.45. The smallest absolute Gasteiger partial charge is 0.238 e. The van der Waals surface area contributed by atoms with E-state index in [1.165, 1.54) is 18.3 Å². The van der Waals surface area contributed by atoms with Crippen LogP contribution in [0.3, 0.4) is 0 Å². The van der Waals surface area contributed by atoms with Crippen LogP contribution in [0.25, 0.3) is 22.0 Å². The van der Waals surface area contributed by atoms with Crippen molar-refractivity contribution in [2.45, 2.75) is 38.1 Å². The van der Waals surface area contributed by atoms with Gasteiger partial charge in [-0.15, -0.1) is 0 Å². The third-order valence-corrected chi connectivity index (χ3v) is 8.20. The number of hydrogen-bond donors (Lipinski definition) is 3. The molecule has 0 unspecified atom stereocenters. The van der Waals surface area contributed by atoms with Gasteiger partial charge in [0.2, 0.25) is 21.8 Å². The van der Waals surface area contributed by atoms with E-state index in [1.807, 2.05) is 20.9 Å². The summed E-state index contributed by atoms with van der Waals surface area (Å²) < 4.78 is 47.9. The molecule has 1 fully saturated rings. The number of nitrogens with zero attached hydrogens (tertiary/aromatic N) is 3. The molecule has 1 spiro atoms. The van der Waals surface area contributed by atoms with Crippen molar-refractivity contribution in [3.05, 3.63) is 42.0 Å². The first-order valence-electron chi connectivity index (χ1n) is 13.3. The van der Waals surface area contributed by atoms with E-state index in [9.17, 15) is 13.2 Å². The average molecular weight is 571 g/mol. The van der Waals surface area contributed by atoms with E-state index in [0.29, 0.717) is 41.8 Å². The molecule has 3 N–H and O–H groups in total. The number of pyridine rings is 2. The highest BCUT2D eigenvalue weighted by Gasteiger charge is 2.58. The van der Waals surface area contributed by atoms with Gasteiger partial charge in [-0.1, -0.05) is 13.8 Å². The summed E-state index contributed by atoms with van der Waals surface area (Å²) in [6.45, 7) is 5.65. The molecule has 1 aromatic carbocycles. The Hall–Kier alpha value is -3.35. The van der Waals surface area contributed by atoms with Gasteiger partial charge in [-0.25, -0.2) is 17.8 Å². The highest BCUT2D eigenvalue weighted by atomic mass is 32.2. The van der Waals surface area contributed by atoms with Gasteiger partial charge in [0.1, 0.15) is 18.1 Å². The Labute approximate surface area is 233 Å². The zero-order valence-corrected chi connectivity index (χ0v) is 24.2. The van der Waals surface area contributed by atoms with Crippen LogP contribution in [-0.4, -0.2) is 70.4 Å². The summed E-state index contributed by atoms with van der Waals surface area (Å²) in [6, 6.07) is 4.84. The summed E-state index contributed by atoms with van der Waals surface area (Å²) in [5.41, 5.74) is 2.10. The van der Waals surface area contributed by atoms with Gasteiger partial charge in [0, 0.05) is 54.0 Å². The normalized spacial score (nSPS) is 20.3. The lowest BCUT2D eigenvalue weighted by Gasteiger charge is -2.44. The molecular formula is C28H35FN6O4S. The molecule has 3 heterocycles. The van der Waals surface area contributed by atoms with Crippen LogP contribution in [0.4, 0.5) is 15.8 Å². The highest BCUT2D eigenvalue weighted by Crippen LogP contribution is 2.57. The minimum absolute atomic E-state index is 0.0322. The first-order valence-corrected chi connectivity index (χ1v) is 15.2. The lowest BCUT2D eigenvalue weighted by molar-refractivity contribution is -0.127. The quantitative estimate of drug-likeness (QED) is 0.318. The Balaban J connectivity index is 1.58. The number of hydrogen-bond acceptors (Lipinski definition) is 8. The van der Waals surface area contributed by atoms with Gasteiger partial charge in [-0.3, -0.25) is 14.5 Å². The predicted octanol–water partition coefficient (Wildman–Crippen LogP) is 3.03. The fourth-order valence-electron chi connectivity index (χ4n) is 5.94. The molecule has 0 radical (unpaired) electrons. The lowest BCUT2D eigenvalue weighted by atomic mass is 9.58. The SMILES string of the molecule is CNC[C@H]1C[C@]2(C1)C(=O)N(C)c1cnc3cc(F)c(-c4cnc(OCCNC(C)C)c(NS(C)(=O)=O)c4)cc3c12. The number of likely N-dealkylation sites (N-methyl/N-ethyl adjacent to an activating group) is 1. The topological polar surface area (TPSA) is 126 Å². The van der Waals surface area contributed by atoms with Crippen LogP contribution in [-0.2, 0) is 20.2 Å². The second-order valence-corrected chi connectivity index (χ2v) is 12.8. The molecule has 2 aliphatic rings. The average Bonchev–Trinajstić information content (AvgIpc) is 3.08. The molecule has 2 aromatic heterocycles. The molecule has 1 saturated carbocycles. The predicted molar refractivity (Wildman–Crippen MR) is 154 cm³/mol. The molecule has 5 rings (SSSR count). The second-order valence-electron chi connectivity index (χ2n) is 11.1. The first kappa shape index (κ1) is 28.2. The standard InChI is InChI=1S/C28H35FN6O4S/c1-16(2)31-6-7-39-26-23(34-40(5,37)38)8-18(14-33-26)19-9-20-22(10-21(19)29)32-15-24-25(20)28(27(36)35(24)4)11-17(12-28)13-30-3/h8-10,14-17,30-31,34H,6-7,11-13H2,1-5H3/t17-,28+. The summed E-state index contributed by atoms with van der Waals surface area (Å²) in [6.07, 6.45) is 5.54. The van der Waals surface area contributed by atoms with E-state index >= 15 is 4.39 Å². The fraction of sp³-hybridized carbons (Fsp3) is 0.464. The summed E-state index contributed by atoms with van der Waals surface area (Å²) in [5, 5.41) is 7.11. The van der Waals surface area contributed by atoms with Crippen molar-refractivity contribution in [1.82, 2.24) is 20.6 Å². The van der Waals surface area contributed by atoms with E-state index < -0.39 is 21.3 Å². The third-order valence-electron chi connectivity index (χ3n) is 7.61. The molecule has 40 heavy (non-hydrogen) atoms. The molecule has 3 aromatic rings. The number of carbonyl (C=O) groups is 1. The number of halogens is 1. The molecule has 1 aliphatic heterocycles. The number of rotatable bonds is 10. The Morgan fingerprint density at radius 1 is 1.20 bits per heavy atom. The van der Waals surface area contributed by atoms with Crippen molar-refractivity contribution < 1.29 is 22.3 Å². The van der Waals surface area contributed by atoms with Gasteiger partial charge < -0.3 is 20.3 Å². The van der Waals surface area contributed by atoms with Crippen LogP contribution >= 0.6 is 0 Å². The van der Waals surface area contributed by atoms with E-state index in [0.717, 1.165) is 24.1 Å². The maximum Gasteiger partial charge on any atom is 0.238 e. The summed E-state index contributed by atoms with van der Waals surface area (Å²) in [4.78, 5) is 23.9. The van der Waals surface area contributed by atoms with Crippen LogP contribution in [0, 0.1) is 11.7 Å². The molecule has 10 nitrogen and oxygen atoms in total. The number of nitrogens with one attached hydrogen (secondary N) is 3. The Bertz CT molecular complexity index is 1570. The number of aromatic nitrogens is 2. The monoisotopic (exact) mass is 570 g/mol. The molecule has 0 atom stereocenters. The highest BCUT2D eigenvalue weighted by molar-refractivity contribution is 7.92. The first-order chi connectivity index (χ1) is 18.9. The molecule has 214 valence electrons. The van der Waals surface area contributed by atoms with Gasteiger partial charge in [0.15, 0.2) is 0 Å². The molecule has 1 amide bonds. The van der Waals surface area contributed by atoms with Crippen LogP contribution in [0.2, 0.25) is 0 Å². The zero-order valence-electron chi connectivity index (χ0n) is 23.3. The molecule has 0 saturated heterocycles. The van der Waals surface area contributed by atoms with Gasteiger partial charge in [-0.05, 0) is 44.5 Å². The van der Waals surface area contributed by atoms with Gasteiger partial charge in [-0.2, -0.15) is 0 Å². The number of ether oxygens (including phenoxy) is 1. The molecular weight excluding hydrogens is 535 g/mol. The number of anilines is 2. The van der Waals surface area contributed by atoms with Crippen molar-refractivity contribution in [3.63, 3.8) is 0 Å². The van der Waals surface area contributed by atoms with Crippen LogP contribution < -0.4 is 25.0 Å². The maximum atomic E-state index is 15.5. The van der Waals surface area contributed by atoms with E-state index in [4.69, 9.17) is 4.74 Å². The lowest BCUT2D eigenvalue weighted by Crippen LogP contribution is -2.51. The van der Waals surface area contributed by atoms with Gasteiger partial charge >= 0.3 is 0 Å². The zero-order chi connectivity index (χ0) is 28.8. The largest absolute Gasteiger partial charge is 0.475 e. The number of amides is 1. The van der Waals surface area contributed by atoms with Crippen LogP contribution in [0.5, 0.6) is 5.88 Å². The fourth-order valence-corrected chi connectivity index (χ4v) is 6.48. The second kappa shape index (κ2) is 10.6. The van der Waals surface area contributed by atoms with Crippen molar-refractivity contribution in [2.24, 2.45) is 5.92 Å². The van der Waals surface area contributed by atoms with E-state index in [2.05, 4.69) is 25.3 Å². The molecule has 12 heteroatoms. The van der Waals surface area contributed by atoms with Crippen molar-refractivity contribution in [2.75, 3.05) is 49.7 Å². The molecule has 1 aliphatic carbocycles. The number of sulfonamides is 1. The van der Waals surface area contributed by atoms with Crippen molar-refractivity contribution in [1.29, 1.82) is 0 Å². The minimum Gasteiger partial charge on any atom is -0.475 e. The number of benzene rings is 1. The van der Waals surface area contributed by atoms with Crippen molar-refractivity contribution >= 4 is 38.2 Å². The summed E-state index contributed by atoms with van der Waals surface area (Å²) in [7, 11) is -0.0163. The maximum absolute atomic E-state index is 15.5. The van der Waals surface area contributed by atoms with Crippen molar-refractivity contribution in [3.8, 4) is 17.0 Å². The summed E-state index contributed by atoms with van der Waals surface area (Å²) in [5.74, 6) is -0.0340. The van der Waals surface area contributed by atoms with Gasteiger partial charge in [0.25, 0.3) is 0 Å². The minimum atomic E-state index is -3.67. The van der Waals surface area contributed by atoms with E-state index in [1.54, 1.807) is 24.2 Å². The number of fused-ring (bicyclic) bond motifs is 4. The van der Waals surface area contributed by atoms with E-state index in [-0.39, 0.29) is 35.7 Å². The van der Waals surface area contributed by atoms with Crippen LogP contribution in [0.1, 0.15) is 32.3 Å².